The minimum atomic E-state index is -1.16. The number of nitrogens with zero attached hydrogens (tertiary/aromatic N) is 2. The van der Waals surface area contributed by atoms with Crippen LogP contribution in [-0.2, 0) is 14.3 Å². The normalized spacial score (nSPS) is 30.0. The number of hydrogen-bond donors (Lipinski definition) is 3. The lowest BCUT2D eigenvalue weighted by Crippen LogP contribution is -2.63. The highest BCUT2D eigenvalue weighted by Crippen LogP contribution is 2.15. The van der Waals surface area contributed by atoms with Crippen molar-refractivity contribution in [2.24, 2.45) is 0 Å². The molecular weight excluding hydrogens is 282 g/mol. The molecule has 2 aliphatic heterocycles. The van der Waals surface area contributed by atoms with Gasteiger partial charge in [0.2, 0.25) is 5.91 Å². The molecule has 3 unspecified atom stereocenters. The molecule has 2 heterocycles. The first-order valence-electron chi connectivity index (χ1n) is 6.73. The van der Waals surface area contributed by atoms with Crippen LogP contribution in [0.4, 0.5) is 4.79 Å². The van der Waals surface area contributed by atoms with Crippen molar-refractivity contribution in [2.45, 2.75) is 25.2 Å². The molecule has 0 aromatic rings. The van der Waals surface area contributed by atoms with E-state index in [0.29, 0.717) is 6.54 Å². The molecule has 9 heteroatoms. The van der Waals surface area contributed by atoms with Gasteiger partial charge in [-0.3, -0.25) is 9.69 Å². The number of amides is 3. The molecule has 2 rings (SSSR count). The minimum absolute atomic E-state index is 0.108. The second-order valence-electron chi connectivity index (χ2n) is 5.22. The van der Waals surface area contributed by atoms with Gasteiger partial charge in [-0.15, -0.1) is 0 Å². The van der Waals surface area contributed by atoms with Gasteiger partial charge in [0.15, 0.2) is 0 Å². The standard InChI is InChI=1S/C12H19N3O6/c1-7-3-14(4-8(6-16)21-7)12(20)15-5-10(17)13-2-9(15)11(18)19/h7-9,16H,2-6H2,1H3,(H,13,17)(H,18,19). The van der Waals surface area contributed by atoms with E-state index in [1.54, 1.807) is 6.92 Å². The Labute approximate surface area is 121 Å². The minimum Gasteiger partial charge on any atom is -0.480 e. The maximum absolute atomic E-state index is 12.5. The lowest BCUT2D eigenvalue weighted by atomic mass is 10.2. The van der Waals surface area contributed by atoms with Gasteiger partial charge in [-0.1, -0.05) is 0 Å². The largest absolute Gasteiger partial charge is 0.480 e. The molecule has 0 saturated carbocycles. The Hall–Kier alpha value is -1.87. The van der Waals surface area contributed by atoms with Crippen LogP contribution in [0, 0.1) is 0 Å². The van der Waals surface area contributed by atoms with E-state index in [1.165, 1.54) is 4.90 Å². The fourth-order valence-electron chi connectivity index (χ4n) is 2.55. The Balaban J connectivity index is 2.12. The van der Waals surface area contributed by atoms with Gasteiger partial charge in [0.25, 0.3) is 0 Å². The van der Waals surface area contributed by atoms with Crippen molar-refractivity contribution >= 4 is 17.9 Å². The van der Waals surface area contributed by atoms with Gasteiger partial charge >= 0.3 is 12.0 Å². The van der Waals surface area contributed by atoms with Gasteiger partial charge in [-0.05, 0) is 6.92 Å². The van der Waals surface area contributed by atoms with Gasteiger partial charge in [0, 0.05) is 13.1 Å². The molecule has 0 aromatic carbocycles. The molecule has 3 atom stereocenters. The van der Waals surface area contributed by atoms with Gasteiger partial charge in [-0.2, -0.15) is 0 Å². The first-order valence-corrected chi connectivity index (χ1v) is 6.73. The number of aliphatic hydroxyl groups is 1. The molecule has 0 bridgehead atoms. The van der Waals surface area contributed by atoms with Crippen molar-refractivity contribution in [1.29, 1.82) is 0 Å². The smallest absolute Gasteiger partial charge is 0.328 e. The highest BCUT2D eigenvalue weighted by atomic mass is 16.5. The Morgan fingerprint density at radius 1 is 1.43 bits per heavy atom. The Morgan fingerprint density at radius 3 is 2.76 bits per heavy atom. The SMILES string of the molecule is CC1CN(C(=O)N2CC(=O)NCC2C(=O)O)CC(CO)O1. The predicted octanol–water partition coefficient (Wildman–Crippen LogP) is -1.93. The van der Waals surface area contributed by atoms with Crippen LogP contribution in [-0.4, -0.2) is 89.0 Å². The van der Waals surface area contributed by atoms with Crippen LogP contribution in [0.3, 0.4) is 0 Å². The number of morpholine rings is 1. The number of carbonyl (C=O) groups is 3. The number of aliphatic carboxylic acids is 1. The summed E-state index contributed by atoms with van der Waals surface area (Å²) in [6.45, 7) is 1.61. The van der Waals surface area contributed by atoms with E-state index < -0.39 is 24.1 Å². The van der Waals surface area contributed by atoms with Crippen LogP contribution in [0.2, 0.25) is 0 Å². The highest BCUT2D eigenvalue weighted by molar-refractivity contribution is 5.90. The summed E-state index contributed by atoms with van der Waals surface area (Å²) in [4.78, 5) is 37.6. The zero-order valence-corrected chi connectivity index (χ0v) is 11.7. The van der Waals surface area contributed by atoms with Crippen LogP contribution in [0.5, 0.6) is 0 Å². The van der Waals surface area contributed by atoms with E-state index in [9.17, 15) is 14.4 Å². The Kier molecular flexibility index (Phi) is 4.63. The average molecular weight is 301 g/mol. The average Bonchev–Trinajstić information content (AvgIpc) is 2.45. The highest BCUT2D eigenvalue weighted by Gasteiger charge is 2.39. The van der Waals surface area contributed by atoms with E-state index in [2.05, 4.69) is 5.32 Å². The Morgan fingerprint density at radius 2 is 2.14 bits per heavy atom. The molecule has 9 nitrogen and oxygen atoms in total. The fraction of sp³-hybridized carbons (Fsp3) is 0.750. The fourth-order valence-corrected chi connectivity index (χ4v) is 2.55. The number of ether oxygens (including phenoxy) is 1. The van der Waals surface area contributed by atoms with E-state index in [-0.39, 0.29) is 38.3 Å². The summed E-state index contributed by atoms with van der Waals surface area (Å²) in [5, 5.41) is 20.8. The number of carboxylic acids is 1. The molecule has 0 aliphatic carbocycles. The molecule has 21 heavy (non-hydrogen) atoms. The molecule has 0 aromatic heterocycles. The van der Waals surface area contributed by atoms with E-state index in [0.717, 1.165) is 4.90 Å². The zero-order valence-electron chi connectivity index (χ0n) is 11.7. The third-order valence-electron chi connectivity index (χ3n) is 3.51. The zero-order chi connectivity index (χ0) is 15.6. The number of piperazine rings is 1. The van der Waals surface area contributed by atoms with Gasteiger partial charge in [-0.25, -0.2) is 9.59 Å². The topological polar surface area (TPSA) is 119 Å². The predicted molar refractivity (Wildman–Crippen MR) is 69.5 cm³/mol. The summed E-state index contributed by atoms with van der Waals surface area (Å²) in [7, 11) is 0. The number of carboxylic acid groups (broad SMARTS) is 1. The number of nitrogens with one attached hydrogen (secondary N) is 1. The van der Waals surface area contributed by atoms with E-state index in [1.807, 2.05) is 0 Å². The van der Waals surface area contributed by atoms with E-state index in [4.69, 9.17) is 14.9 Å². The van der Waals surface area contributed by atoms with Crippen LogP contribution in [0.1, 0.15) is 6.92 Å². The van der Waals surface area contributed by atoms with Gasteiger partial charge in [0.05, 0.1) is 25.4 Å². The monoisotopic (exact) mass is 301 g/mol. The van der Waals surface area contributed by atoms with E-state index >= 15 is 0 Å². The van der Waals surface area contributed by atoms with Gasteiger partial charge < -0.3 is 25.2 Å². The summed E-state index contributed by atoms with van der Waals surface area (Å²) >= 11 is 0. The lowest BCUT2D eigenvalue weighted by Gasteiger charge is -2.41. The van der Waals surface area contributed by atoms with Crippen molar-refractivity contribution in [3.05, 3.63) is 0 Å². The maximum Gasteiger partial charge on any atom is 0.328 e. The van der Waals surface area contributed by atoms with Crippen LogP contribution >= 0.6 is 0 Å². The Bertz CT molecular complexity index is 443. The van der Waals surface area contributed by atoms with Crippen molar-refractivity contribution in [3.63, 3.8) is 0 Å². The molecule has 2 saturated heterocycles. The molecule has 0 spiro atoms. The third-order valence-corrected chi connectivity index (χ3v) is 3.51. The van der Waals surface area contributed by atoms with Crippen LogP contribution in [0.15, 0.2) is 0 Å². The summed E-state index contributed by atoms with van der Waals surface area (Å²) in [5.74, 6) is -1.55. The summed E-state index contributed by atoms with van der Waals surface area (Å²) in [6.07, 6.45) is -0.763. The number of urea groups is 1. The summed E-state index contributed by atoms with van der Waals surface area (Å²) in [5.41, 5.74) is 0. The number of carbonyl (C=O) groups excluding carboxylic acids is 2. The molecule has 3 N–H and O–H groups in total. The molecule has 118 valence electrons. The van der Waals surface area contributed by atoms with Crippen LogP contribution in [0.25, 0.3) is 0 Å². The lowest BCUT2D eigenvalue weighted by molar-refractivity contribution is -0.145. The maximum atomic E-state index is 12.5. The summed E-state index contributed by atoms with van der Waals surface area (Å²) < 4.78 is 5.44. The molecule has 0 radical (unpaired) electrons. The second kappa shape index (κ2) is 6.27. The van der Waals surface area contributed by atoms with Gasteiger partial charge in [0.1, 0.15) is 12.6 Å². The van der Waals surface area contributed by atoms with Crippen molar-refractivity contribution in [1.82, 2.24) is 15.1 Å². The van der Waals surface area contributed by atoms with Crippen molar-refractivity contribution in [3.8, 4) is 0 Å². The second-order valence-corrected chi connectivity index (χ2v) is 5.22. The van der Waals surface area contributed by atoms with Crippen molar-refractivity contribution < 1.29 is 29.3 Å². The van der Waals surface area contributed by atoms with Crippen LogP contribution < -0.4 is 5.32 Å². The number of hydrogen-bond acceptors (Lipinski definition) is 5. The quantitative estimate of drug-likeness (QED) is 0.546. The van der Waals surface area contributed by atoms with Crippen molar-refractivity contribution in [2.75, 3.05) is 32.8 Å². The number of aliphatic hydroxyl groups excluding tert-OH is 1. The summed E-state index contributed by atoms with van der Waals surface area (Å²) in [6, 6.07) is -1.60. The number of rotatable bonds is 2. The molecule has 2 fully saturated rings. The molecule has 2 aliphatic rings. The third kappa shape index (κ3) is 3.42. The first kappa shape index (κ1) is 15.5. The molecule has 3 amide bonds. The first-order chi connectivity index (χ1) is 9.92. The molecular formula is C12H19N3O6.